The summed E-state index contributed by atoms with van der Waals surface area (Å²) in [6.45, 7) is 3.64. The molecule has 0 aromatic rings. The molecule has 1 saturated carbocycles. The molecule has 1 aliphatic carbocycles. The van der Waals surface area contributed by atoms with Crippen molar-refractivity contribution in [2.75, 3.05) is 13.1 Å². The van der Waals surface area contributed by atoms with Crippen molar-refractivity contribution in [3.8, 4) is 0 Å². The van der Waals surface area contributed by atoms with E-state index in [9.17, 15) is 9.59 Å². The summed E-state index contributed by atoms with van der Waals surface area (Å²) >= 11 is 0. The van der Waals surface area contributed by atoms with Gasteiger partial charge >= 0.3 is 0 Å². The van der Waals surface area contributed by atoms with Gasteiger partial charge in [0.25, 0.3) is 0 Å². The molecule has 2 aliphatic rings. The number of carbonyl (C=O) groups excluding carboxylic acids is 2. The summed E-state index contributed by atoms with van der Waals surface area (Å²) in [5.74, 6) is 0.796. The molecular weight excluding hydrogens is 240 g/mol. The standard InChI is InChI=1S/C15H26N2O2/c1-2-5-14(18)16-13-8-10-17(11-9-13)15(19)12-6-3-4-7-12/h12-13H,2-11H2,1H3,(H,16,18). The normalized spacial score (nSPS) is 21.6. The summed E-state index contributed by atoms with van der Waals surface area (Å²) in [4.78, 5) is 25.8. The van der Waals surface area contributed by atoms with Crippen molar-refractivity contribution in [1.82, 2.24) is 10.2 Å². The largest absolute Gasteiger partial charge is 0.353 e. The molecule has 0 aromatic heterocycles. The molecule has 2 amide bonds. The van der Waals surface area contributed by atoms with Gasteiger partial charge < -0.3 is 10.2 Å². The third-order valence-corrected chi connectivity index (χ3v) is 4.35. The lowest BCUT2D eigenvalue weighted by Gasteiger charge is -2.34. The zero-order chi connectivity index (χ0) is 13.7. The van der Waals surface area contributed by atoms with Gasteiger partial charge in [-0.2, -0.15) is 0 Å². The molecule has 2 fully saturated rings. The molecule has 0 spiro atoms. The summed E-state index contributed by atoms with van der Waals surface area (Å²) in [5.41, 5.74) is 0. The van der Waals surface area contributed by atoms with Gasteiger partial charge in [-0.05, 0) is 32.1 Å². The Morgan fingerprint density at radius 2 is 1.74 bits per heavy atom. The highest BCUT2D eigenvalue weighted by atomic mass is 16.2. The molecule has 1 N–H and O–H groups in total. The van der Waals surface area contributed by atoms with Crippen molar-refractivity contribution < 1.29 is 9.59 Å². The predicted octanol–water partition coefficient (Wildman–Crippen LogP) is 2.08. The maximum Gasteiger partial charge on any atom is 0.225 e. The molecular formula is C15H26N2O2. The molecule has 19 heavy (non-hydrogen) atoms. The number of likely N-dealkylation sites (tertiary alicyclic amines) is 1. The van der Waals surface area contributed by atoms with Gasteiger partial charge in [0.2, 0.25) is 11.8 Å². The smallest absolute Gasteiger partial charge is 0.225 e. The number of carbonyl (C=O) groups is 2. The van der Waals surface area contributed by atoms with Crippen LogP contribution < -0.4 is 5.32 Å². The van der Waals surface area contributed by atoms with Crippen LogP contribution in [0, 0.1) is 5.92 Å². The SMILES string of the molecule is CCCC(=O)NC1CCN(C(=O)C2CCCC2)CC1. The summed E-state index contributed by atoms with van der Waals surface area (Å²) < 4.78 is 0. The van der Waals surface area contributed by atoms with Crippen LogP contribution in [-0.4, -0.2) is 35.8 Å². The van der Waals surface area contributed by atoms with Crippen LogP contribution >= 0.6 is 0 Å². The zero-order valence-corrected chi connectivity index (χ0v) is 12.0. The van der Waals surface area contributed by atoms with Gasteiger partial charge in [0.1, 0.15) is 0 Å². The maximum atomic E-state index is 12.3. The molecule has 0 unspecified atom stereocenters. The first-order chi connectivity index (χ1) is 9.20. The van der Waals surface area contributed by atoms with Gasteiger partial charge in [-0.15, -0.1) is 0 Å². The van der Waals surface area contributed by atoms with Gasteiger partial charge in [0.15, 0.2) is 0 Å². The first kappa shape index (κ1) is 14.4. The van der Waals surface area contributed by atoms with E-state index in [0.29, 0.717) is 12.3 Å². The predicted molar refractivity (Wildman–Crippen MR) is 74.6 cm³/mol. The lowest BCUT2D eigenvalue weighted by atomic mass is 10.0. The second-order valence-electron chi connectivity index (χ2n) is 5.90. The first-order valence-corrected chi connectivity index (χ1v) is 7.79. The van der Waals surface area contributed by atoms with Crippen LogP contribution in [0.15, 0.2) is 0 Å². The van der Waals surface area contributed by atoms with E-state index < -0.39 is 0 Å². The fourth-order valence-corrected chi connectivity index (χ4v) is 3.20. The Morgan fingerprint density at radius 1 is 1.11 bits per heavy atom. The van der Waals surface area contributed by atoms with E-state index in [1.807, 2.05) is 11.8 Å². The van der Waals surface area contributed by atoms with Crippen LogP contribution in [0.1, 0.15) is 58.3 Å². The Labute approximate surface area is 115 Å². The Hall–Kier alpha value is -1.06. The van der Waals surface area contributed by atoms with E-state index >= 15 is 0 Å². The van der Waals surface area contributed by atoms with E-state index in [1.165, 1.54) is 12.8 Å². The van der Waals surface area contributed by atoms with Gasteiger partial charge in [0.05, 0.1) is 0 Å². The fourth-order valence-electron chi connectivity index (χ4n) is 3.20. The average molecular weight is 266 g/mol. The zero-order valence-electron chi connectivity index (χ0n) is 12.0. The van der Waals surface area contributed by atoms with Crippen molar-refractivity contribution in [2.45, 2.75) is 64.3 Å². The molecule has 4 heteroatoms. The quantitative estimate of drug-likeness (QED) is 0.847. The van der Waals surface area contributed by atoms with E-state index in [2.05, 4.69) is 5.32 Å². The van der Waals surface area contributed by atoms with Crippen molar-refractivity contribution >= 4 is 11.8 Å². The molecule has 0 radical (unpaired) electrons. The number of nitrogens with zero attached hydrogens (tertiary/aromatic N) is 1. The topological polar surface area (TPSA) is 49.4 Å². The fraction of sp³-hybridized carbons (Fsp3) is 0.867. The minimum absolute atomic E-state index is 0.156. The number of amides is 2. The maximum absolute atomic E-state index is 12.3. The molecule has 2 rings (SSSR count). The van der Waals surface area contributed by atoms with Crippen molar-refractivity contribution in [1.29, 1.82) is 0 Å². The second kappa shape index (κ2) is 6.92. The van der Waals surface area contributed by atoms with Crippen LogP contribution in [0.3, 0.4) is 0 Å². The number of rotatable bonds is 4. The van der Waals surface area contributed by atoms with E-state index in [-0.39, 0.29) is 17.9 Å². The number of hydrogen-bond acceptors (Lipinski definition) is 2. The van der Waals surface area contributed by atoms with Crippen LogP contribution in [0.2, 0.25) is 0 Å². The monoisotopic (exact) mass is 266 g/mol. The Kier molecular flexibility index (Phi) is 5.23. The Morgan fingerprint density at radius 3 is 2.32 bits per heavy atom. The summed E-state index contributed by atoms with van der Waals surface area (Å²) in [7, 11) is 0. The average Bonchev–Trinajstić information content (AvgIpc) is 2.93. The van der Waals surface area contributed by atoms with Crippen LogP contribution in [0.5, 0.6) is 0 Å². The lowest BCUT2D eigenvalue weighted by Crippen LogP contribution is -2.47. The molecule has 0 aromatic carbocycles. The minimum atomic E-state index is 0.156. The highest BCUT2D eigenvalue weighted by Crippen LogP contribution is 2.27. The number of piperidine rings is 1. The van der Waals surface area contributed by atoms with Crippen LogP contribution in [0.4, 0.5) is 0 Å². The molecule has 1 heterocycles. The first-order valence-electron chi connectivity index (χ1n) is 7.79. The van der Waals surface area contributed by atoms with Crippen molar-refractivity contribution in [3.63, 3.8) is 0 Å². The number of hydrogen-bond donors (Lipinski definition) is 1. The lowest BCUT2D eigenvalue weighted by molar-refractivity contribution is -0.136. The molecule has 4 nitrogen and oxygen atoms in total. The molecule has 1 saturated heterocycles. The van der Waals surface area contributed by atoms with Crippen molar-refractivity contribution in [2.24, 2.45) is 5.92 Å². The van der Waals surface area contributed by atoms with E-state index in [4.69, 9.17) is 0 Å². The molecule has 0 bridgehead atoms. The second-order valence-corrected chi connectivity index (χ2v) is 5.90. The van der Waals surface area contributed by atoms with Gasteiger partial charge in [-0.25, -0.2) is 0 Å². The third-order valence-electron chi connectivity index (χ3n) is 4.35. The summed E-state index contributed by atoms with van der Waals surface area (Å²) in [6.07, 6.45) is 7.89. The van der Waals surface area contributed by atoms with Gasteiger partial charge in [-0.3, -0.25) is 9.59 Å². The Bertz CT molecular complexity index is 316. The minimum Gasteiger partial charge on any atom is -0.353 e. The Balaban J connectivity index is 1.72. The number of nitrogens with one attached hydrogen (secondary N) is 1. The molecule has 108 valence electrons. The van der Waals surface area contributed by atoms with Crippen LogP contribution in [0.25, 0.3) is 0 Å². The van der Waals surface area contributed by atoms with E-state index in [0.717, 1.165) is 45.2 Å². The summed E-state index contributed by atoms with van der Waals surface area (Å²) in [6, 6.07) is 0.270. The van der Waals surface area contributed by atoms with Crippen LogP contribution in [-0.2, 0) is 9.59 Å². The molecule has 1 aliphatic heterocycles. The van der Waals surface area contributed by atoms with E-state index in [1.54, 1.807) is 0 Å². The highest BCUT2D eigenvalue weighted by Gasteiger charge is 2.30. The van der Waals surface area contributed by atoms with Gasteiger partial charge in [-0.1, -0.05) is 19.8 Å². The summed E-state index contributed by atoms with van der Waals surface area (Å²) in [5, 5.41) is 3.07. The van der Waals surface area contributed by atoms with Crippen molar-refractivity contribution in [3.05, 3.63) is 0 Å². The van der Waals surface area contributed by atoms with Gasteiger partial charge in [0, 0.05) is 31.5 Å². The highest BCUT2D eigenvalue weighted by molar-refractivity contribution is 5.79. The molecule has 0 atom stereocenters. The third kappa shape index (κ3) is 3.95.